The van der Waals surface area contributed by atoms with Crippen molar-refractivity contribution in [3.63, 3.8) is 0 Å². The molecule has 1 heterocycles. The normalized spacial score (nSPS) is 25.8. The highest BCUT2D eigenvalue weighted by atomic mass is 19.1. The Hall–Kier alpha value is -1.98. The number of carbonyl (C=O) groups is 3. The second-order valence-corrected chi connectivity index (χ2v) is 6.94. The number of allylic oxidation sites excluding steroid dienone is 4. The molecule has 0 radical (unpaired) electrons. The molecule has 1 aliphatic heterocycles. The number of carbonyl (C=O) groups excluding carboxylic acids is 3. The van der Waals surface area contributed by atoms with Crippen molar-refractivity contribution >= 4 is 17.7 Å². The van der Waals surface area contributed by atoms with E-state index in [4.69, 9.17) is 4.74 Å². The van der Waals surface area contributed by atoms with E-state index in [1.54, 1.807) is 26.0 Å². The maximum atomic E-state index is 13.5. The van der Waals surface area contributed by atoms with Gasteiger partial charge in [0.05, 0.1) is 7.11 Å². The number of halogens is 1. The zero-order chi connectivity index (χ0) is 18.6. The smallest absolute Gasteiger partial charge is 0.316 e. The Labute approximate surface area is 147 Å². The minimum absolute atomic E-state index is 0.168. The van der Waals surface area contributed by atoms with E-state index in [0.29, 0.717) is 18.5 Å². The van der Waals surface area contributed by atoms with Gasteiger partial charge < -0.3 is 10.1 Å². The lowest BCUT2D eigenvalue weighted by atomic mass is 9.69. The first-order valence-corrected chi connectivity index (χ1v) is 8.78. The van der Waals surface area contributed by atoms with Crippen molar-refractivity contribution in [2.24, 2.45) is 23.7 Å². The molecule has 0 aromatic carbocycles. The van der Waals surface area contributed by atoms with Gasteiger partial charge in [0.2, 0.25) is 5.91 Å². The molecule has 138 valence electrons. The van der Waals surface area contributed by atoms with E-state index in [0.717, 1.165) is 6.42 Å². The highest BCUT2D eigenvalue weighted by Crippen LogP contribution is 2.38. The molecule has 5 nitrogen and oxygen atoms in total. The Kier molecular flexibility index (Phi) is 6.51. The van der Waals surface area contributed by atoms with Gasteiger partial charge in [-0.1, -0.05) is 32.1 Å². The molecule has 0 aromatic heterocycles. The maximum Gasteiger partial charge on any atom is 0.316 e. The quantitative estimate of drug-likeness (QED) is 0.589. The monoisotopic (exact) mass is 351 g/mol. The van der Waals surface area contributed by atoms with Crippen LogP contribution in [0.4, 0.5) is 4.39 Å². The topological polar surface area (TPSA) is 72.5 Å². The molecule has 2 rings (SSSR count). The third-order valence-corrected chi connectivity index (χ3v) is 4.91. The van der Waals surface area contributed by atoms with Crippen molar-refractivity contribution in [3.8, 4) is 0 Å². The number of nitrogens with one attached hydrogen (secondary N) is 1. The molecule has 1 N–H and O–H groups in total. The second kappa shape index (κ2) is 8.41. The highest BCUT2D eigenvalue weighted by molar-refractivity contribution is 6.01. The predicted molar refractivity (Wildman–Crippen MR) is 91.3 cm³/mol. The second-order valence-electron chi connectivity index (χ2n) is 6.94. The summed E-state index contributed by atoms with van der Waals surface area (Å²) in [4.78, 5) is 37.7. The van der Waals surface area contributed by atoms with Crippen molar-refractivity contribution in [2.45, 2.75) is 39.3 Å². The predicted octanol–water partition coefficient (Wildman–Crippen LogP) is 2.37. The molecular weight excluding hydrogens is 325 g/mol. The Balaban J connectivity index is 2.47. The maximum absolute atomic E-state index is 13.5. The number of esters is 1. The van der Waals surface area contributed by atoms with Crippen molar-refractivity contribution in [1.29, 1.82) is 0 Å². The number of hydrogen-bond acceptors (Lipinski definition) is 4. The molecule has 1 saturated heterocycles. The summed E-state index contributed by atoms with van der Waals surface area (Å²) in [5, 5.41) is 2.81. The number of ether oxygens (including phenoxy) is 1. The van der Waals surface area contributed by atoms with Gasteiger partial charge in [-0.05, 0) is 18.4 Å². The average molecular weight is 351 g/mol. The van der Waals surface area contributed by atoms with Crippen LogP contribution in [-0.4, -0.2) is 37.5 Å². The first-order valence-electron chi connectivity index (χ1n) is 8.78. The standard InChI is InChI=1S/C19H26FNO4/c1-11(2)17(22)16(19(24)25-3)15(12-6-8-13(20)9-7-12)14-5-4-10-21-18(14)23/h6-8,11,13-16H,4-5,9-10H2,1-3H3,(H,21,23). The molecule has 1 amide bonds. The van der Waals surface area contributed by atoms with E-state index >= 15 is 0 Å². The zero-order valence-electron chi connectivity index (χ0n) is 15.0. The van der Waals surface area contributed by atoms with Gasteiger partial charge in [-0.15, -0.1) is 0 Å². The summed E-state index contributed by atoms with van der Waals surface area (Å²) in [6.07, 6.45) is 5.17. The lowest BCUT2D eigenvalue weighted by Crippen LogP contribution is -2.47. The van der Waals surface area contributed by atoms with Gasteiger partial charge in [0, 0.05) is 30.7 Å². The SMILES string of the molecule is COC(=O)C(C(=O)C(C)C)C(C1=CCC(F)C=C1)C1CCCNC1=O. The molecule has 4 atom stereocenters. The summed E-state index contributed by atoms with van der Waals surface area (Å²) in [6.45, 7) is 4.03. The summed E-state index contributed by atoms with van der Waals surface area (Å²) in [5.41, 5.74) is 0.667. The van der Waals surface area contributed by atoms with Crippen LogP contribution in [-0.2, 0) is 19.1 Å². The molecule has 4 unspecified atom stereocenters. The Bertz CT molecular complexity index is 596. The molecular formula is C19H26FNO4. The summed E-state index contributed by atoms with van der Waals surface area (Å²) in [6, 6.07) is 0. The summed E-state index contributed by atoms with van der Waals surface area (Å²) in [5.74, 6) is -3.64. The minimum Gasteiger partial charge on any atom is -0.468 e. The molecule has 0 spiro atoms. The zero-order valence-corrected chi connectivity index (χ0v) is 15.0. The van der Waals surface area contributed by atoms with Crippen molar-refractivity contribution in [1.82, 2.24) is 5.32 Å². The van der Waals surface area contributed by atoms with Gasteiger partial charge in [0.1, 0.15) is 17.9 Å². The largest absolute Gasteiger partial charge is 0.468 e. The van der Waals surface area contributed by atoms with Gasteiger partial charge in [0.15, 0.2) is 0 Å². The van der Waals surface area contributed by atoms with Crippen LogP contribution in [0.1, 0.15) is 33.1 Å². The van der Waals surface area contributed by atoms with Crippen LogP contribution in [0.3, 0.4) is 0 Å². The third-order valence-electron chi connectivity index (χ3n) is 4.91. The molecule has 0 saturated carbocycles. The van der Waals surface area contributed by atoms with E-state index in [1.165, 1.54) is 13.2 Å². The lowest BCUT2D eigenvalue weighted by molar-refractivity contribution is -0.153. The third kappa shape index (κ3) is 4.35. The van der Waals surface area contributed by atoms with Crippen LogP contribution >= 0.6 is 0 Å². The number of piperidine rings is 1. The van der Waals surface area contributed by atoms with Gasteiger partial charge in [0.25, 0.3) is 0 Å². The lowest BCUT2D eigenvalue weighted by Gasteiger charge is -2.35. The fourth-order valence-electron chi connectivity index (χ4n) is 3.58. The van der Waals surface area contributed by atoms with Crippen molar-refractivity contribution in [2.75, 3.05) is 13.7 Å². The number of methoxy groups -OCH3 is 1. The van der Waals surface area contributed by atoms with E-state index in [9.17, 15) is 18.8 Å². The van der Waals surface area contributed by atoms with Crippen LogP contribution in [0, 0.1) is 23.7 Å². The Morgan fingerprint density at radius 2 is 2.08 bits per heavy atom. The number of Topliss-reactive ketones (excluding diaryl/α,β-unsaturated/α-hetero) is 1. The molecule has 1 fully saturated rings. The van der Waals surface area contributed by atoms with Crippen LogP contribution in [0.5, 0.6) is 0 Å². The molecule has 25 heavy (non-hydrogen) atoms. The average Bonchev–Trinajstić information content (AvgIpc) is 2.60. The van der Waals surface area contributed by atoms with Crippen LogP contribution in [0.25, 0.3) is 0 Å². The molecule has 1 aliphatic carbocycles. The minimum atomic E-state index is -1.08. The molecule has 2 aliphatic rings. The van der Waals surface area contributed by atoms with Crippen molar-refractivity contribution in [3.05, 3.63) is 23.8 Å². The number of rotatable bonds is 6. The van der Waals surface area contributed by atoms with E-state index in [2.05, 4.69) is 5.32 Å². The van der Waals surface area contributed by atoms with E-state index < -0.39 is 29.9 Å². The Morgan fingerprint density at radius 1 is 1.36 bits per heavy atom. The van der Waals surface area contributed by atoms with Crippen molar-refractivity contribution < 1.29 is 23.5 Å². The highest BCUT2D eigenvalue weighted by Gasteiger charge is 2.45. The van der Waals surface area contributed by atoms with Gasteiger partial charge in [-0.3, -0.25) is 14.4 Å². The fourth-order valence-corrected chi connectivity index (χ4v) is 3.58. The van der Waals surface area contributed by atoms with Gasteiger partial charge >= 0.3 is 5.97 Å². The van der Waals surface area contributed by atoms with Gasteiger partial charge in [-0.25, -0.2) is 4.39 Å². The number of alkyl halides is 1. The van der Waals surface area contributed by atoms with Gasteiger partial charge in [-0.2, -0.15) is 0 Å². The van der Waals surface area contributed by atoms with Crippen LogP contribution in [0.2, 0.25) is 0 Å². The molecule has 0 aromatic rings. The van der Waals surface area contributed by atoms with E-state index in [1.807, 2.05) is 0 Å². The molecule has 6 heteroatoms. The summed E-state index contributed by atoms with van der Waals surface area (Å²) in [7, 11) is 1.24. The molecule has 0 bridgehead atoms. The summed E-state index contributed by atoms with van der Waals surface area (Å²) < 4.78 is 18.4. The number of amides is 1. The first-order chi connectivity index (χ1) is 11.9. The summed E-state index contributed by atoms with van der Waals surface area (Å²) >= 11 is 0. The van der Waals surface area contributed by atoms with Crippen LogP contribution < -0.4 is 5.32 Å². The Morgan fingerprint density at radius 3 is 2.60 bits per heavy atom. The van der Waals surface area contributed by atoms with Crippen LogP contribution in [0.15, 0.2) is 23.8 Å². The number of ketones is 1. The fraction of sp³-hybridized carbons (Fsp3) is 0.632. The first kappa shape index (κ1) is 19.3. The van der Waals surface area contributed by atoms with E-state index in [-0.39, 0.29) is 24.0 Å². The number of hydrogen-bond donors (Lipinski definition) is 1.